The van der Waals surface area contributed by atoms with Gasteiger partial charge in [-0.05, 0) is 25.8 Å². The van der Waals surface area contributed by atoms with Crippen LogP contribution in [-0.4, -0.2) is 7.11 Å². The third-order valence-corrected chi connectivity index (χ3v) is 1.94. The Morgan fingerprint density at radius 2 is 2.08 bits per heavy atom. The first-order valence-electron chi connectivity index (χ1n) is 4.80. The number of hydrogen-bond acceptors (Lipinski definition) is 1. The smallest absolute Gasteiger partial charge is 0.111 e. The van der Waals surface area contributed by atoms with Gasteiger partial charge < -0.3 is 4.74 Å². The lowest BCUT2D eigenvalue weighted by molar-refractivity contribution is 0.309. The molecule has 1 nitrogen and oxygen atoms in total. The van der Waals surface area contributed by atoms with Crippen molar-refractivity contribution in [1.29, 1.82) is 0 Å². The van der Waals surface area contributed by atoms with Gasteiger partial charge in [-0.25, -0.2) is 0 Å². The van der Waals surface area contributed by atoms with Gasteiger partial charge in [0.15, 0.2) is 0 Å². The van der Waals surface area contributed by atoms with Crippen molar-refractivity contribution in [2.45, 2.75) is 33.1 Å². The molecule has 0 fully saturated rings. The molecule has 0 aliphatic heterocycles. The summed E-state index contributed by atoms with van der Waals surface area (Å²) in [7, 11) is 1.63. The molecular formula is C12H20O. The number of rotatable bonds is 6. The lowest BCUT2D eigenvalue weighted by Gasteiger charge is -2.00. The van der Waals surface area contributed by atoms with Crippen LogP contribution < -0.4 is 0 Å². The molecule has 0 aromatic carbocycles. The molecule has 0 aliphatic rings. The van der Waals surface area contributed by atoms with Crippen LogP contribution in [-0.2, 0) is 4.74 Å². The van der Waals surface area contributed by atoms with Crippen LogP contribution in [0.4, 0.5) is 0 Å². The fraction of sp³-hybridized carbons (Fsp3) is 0.500. The largest absolute Gasteiger partial charge is 0.497 e. The quantitative estimate of drug-likeness (QED) is 0.446. The van der Waals surface area contributed by atoms with Gasteiger partial charge in [0, 0.05) is 0 Å². The third kappa shape index (κ3) is 6.21. The van der Waals surface area contributed by atoms with Crippen LogP contribution in [0.2, 0.25) is 0 Å². The van der Waals surface area contributed by atoms with Crippen LogP contribution in [0, 0.1) is 0 Å². The minimum atomic E-state index is 0.704. The normalized spacial score (nSPS) is 12.1. The van der Waals surface area contributed by atoms with Gasteiger partial charge in [-0.2, -0.15) is 0 Å². The minimum Gasteiger partial charge on any atom is -0.497 e. The molecule has 0 unspecified atom stereocenters. The topological polar surface area (TPSA) is 9.23 Å². The van der Waals surface area contributed by atoms with Crippen molar-refractivity contribution in [2.75, 3.05) is 7.11 Å². The van der Waals surface area contributed by atoms with Crippen molar-refractivity contribution in [3.05, 3.63) is 36.1 Å². The first kappa shape index (κ1) is 12.0. The van der Waals surface area contributed by atoms with E-state index in [1.165, 1.54) is 18.4 Å². The Morgan fingerprint density at radius 1 is 1.38 bits per heavy atom. The number of allylic oxidation sites excluding steroid dienone is 4. The summed E-state index contributed by atoms with van der Waals surface area (Å²) in [6.45, 7) is 7.98. The molecule has 0 atom stereocenters. The third-order valence-electron chi connectivity index (χ3n) is 1.94. The number of unbranched alkanes of at least 4 members (excludes halogenated alkanes) is 1. The molecule has 1 heteroatoms. The first-order chi connectivity index (χ1) is 6.24. The van der Waals surface area contributed by atoms with Crippen LogP contribution >= 0.6 is 0 Å². The molecule has 0 spiro atoms. The van der Waals surface area contributed by atoms with E-state index in [1.54, 1.807) is 7.11 Å². The molecule has 13 heavy (non-hydrogen) atoms. The van der Waals surface area contributed by atoms with Gasteiger partial charge in [-0.15, -0.1) is 0 Å². The minimum absolute atomic E-state index is 0.704. The van der Waals surface area contributed by atoms with E-state index >= 15 is 0 Å². The van der Waals surface area contributed by atoms with Crippen molar-refractivity contribution in [1.82, 2.24) is 0 Å². The zero-order valence-corrected chi connectivity index (χ0v) is 8.97. The molecule has 0 heterocycles. The Morgan fingerprint density at radius 3 is 2.54 bits per heavy atom. The van der Waals surface area contributed by atoms with Gasteiger partial charge in [0.25, 0.3) is 0 Å². The average Bonchev–Trinajstić information content (AvgIpc) is 2.17. The molecule has 0 aromatic rings. The Kier molecular flexibility index (Phi) is 7.08. The second-order valence-electron chi connectivity index (χ2n) is 2.97. The molecule has 0 aliphatic carbocycles. The predicted octanol–water partition coefficient (Wildman–Crippen LogP) is 3.84. The van der Waals surface area contributed by atoms with Gasteiger partial charge in [0.2, 0.25) is 0 Å². The van der Waals surface area contributed by atoms with Crippen LogP contribution in [0.5, 0.6) is 0 Å². The number of ether oxygens (including phenoxy) is 1. The highest BCUT2D eigenvalue weighted by atomic mass is 16.5. The van der Waals surface area contributed by atoms with Gasteiger partial charge in [-0.1, -0.05) is 37.6 Å². The van der Waals surface area contributed by atoms with Crippen molar-refractivity contribution >= 4 is 0 Å². The first-order valence-corrected chi connectivity index (χ1v) is 4.80. The van der Waals surface area contributed by atoms with Crippen LogP contribution in [0.25, 0.3) is 0 Å². The van der Waals surface area contributed by atoms with Crippen LogP contribution in [0.1, 0.15) is 33.1 Å². The number of methoxy groups -OCH3 is 1. The molecule has 0 rings (SSSR count). The maximum atomic E-state index is 4.94. The van der Waals surface area contributed by atoms with Crippen molar-refractivity contribution in [3.8, 4) is 0 Å². The van der Waals surface area contributed by atoms with Crippen LogP contribution in [0.3, 0.4) is 0 Å². The molecule has 0 aromatic heterocycles. The van der Waals surface area contributed by atoms with Crippen molar-refractivity contribution < 1.29 is 4.74 Å². The maximum Gasteiger partial charge on any atom is 0.111 e. The van der Waals surface area contributed by atoms with Crippen molar-refractivity contribution in [2.24, 2.45) is 0 Å². The maximum absolute atomic E-state index is 4.94. The molecule has 74 valence electrons. The van der Waals surface area contributed by atoms with E-state index in [0.717, 1.165) is 6.42 Å². The Bertz CT molecular complexity index is 199. The van der Waals surface area contributed by atoms with E-state index < -0.39 is 0 Å². The monoisotopic (exact) mass is 180 g/mol. The highest BCUT2D eigenvalue weighted by Crippen LogP contribution is 2.09. The van der Waals surface area contributed by atoms with E-state index in [0.29, 0.717) is 5.76 Å². The zero-order chi connectivity index (χ0) is 10.1. The highest BCUT2D eigenvalue weighted by molar-refractivity contribution is 5.23. The average molecular weight is 180 g/mol. The molecule has 0 radical (unpaired) electrons. The molecule has 0 N–H and O–H groups in total. The lowest BCUT2D eigenvalue weighted by atomic mass is 10.1. The second-order valence-corrected chi connectivity index (χ2v) is 2.97. The fourth-order valence-electron chi connectivity index (χ4n) is 0.973. The van der Waals surface area contributed by atoms with E-state index in [-0.39, 0.29) is 0 Å². The summed E-state index contributed by atoms with van der Waals surface area (Å²) >= 11 is 0. The number of hydrogen-bond donors (Lipinski definition) is 0. The molecular weight excluding hydrogens is 160 g/mol. The summed E-state index contributed by atoms with van der Waals surface area (Å²) in [5.41, 5.74) is 1.35. The Balaban J connectivity index is 3.98. The highest BCUT2D eigenvalue weighted by Gasteiger charge is 1.90. The summed E-state index contributed by atoms with van der Waals surface area (Å²) in [5.74, 6) is 0.704. The van der Waals surface area contributed by atoms with Crippen LogP contribution in [0.15, 0.2) is 36.1 Å². The van der Waals surface area contributed by atoms with Gasteiger partial charge in [0.05, 0.1) is 7.11 Å². The van der Waals surface area contributed by atoms with E-state index in [4.69, 9.17) is 4.74 Å². The van der Waals surface area contributed by atoms with E-state index in [1.807, 2.05) is 6.08 Å². The molecule has 0 bridgehead atoms. The zero-order valence-electron chi connectivity index (χ0n) is 8.97. The van der Waals surface area contributed by atoms with E-state index in [2.05, 4.69) is 32.6 Å². The summed E-state index contributed by atoms with van der Waals surface area (Å²) in [4.78, 5) is 0. The van der Waals surface area contributed by atoms with Gasteiger partial charge >= 0.3 is 0 Å². The van der Waals surface area contributed by atoms with Gasteiger partial charge in [0.1, 0.15) is 5.76 Å². The molecule has 0 amide bonds. The predicted molar refractivity (Wildman–Crippen MR) is 58.6 cm³/mol. The summed E-state index contributed by atoms with van der Waals surface area (Å²) < 4.78 is 4.94. The fourth-order valence-corrected chi connectivity index (χ4v) is 0.973. The Labute approximate surface area is 81.8 Å². The standard InChI is InChI=1S/C12H20O/c1-5-7-8-12(6-2)10-9-11(3)13-4/h6,9-10H,3,5,7-8H2,1-2,4H3/b10-9-,12-6-. The SMILES string of the molecule is C=C(/C=C\C(=C/C)CCCC)OC. The second kappa shape index (κ2) is 7.66. The lowest BCUT2D eigenvalue weighted by Crippen LogP contribution is -1.81. The van der Waals surface area contributed by atoms with Gasteiger partial charge in [-0.3, -0.25) is 0 Å². The summed E-state index contributed by atoms with van der Waals surface area (Å²) in [6.07, 6.45) is 9.72. The summed E-state index contributed by atoms with van der Waals surface area (Å²) in [5, 5.41) is 0. The molecule has 0 saturated heterocycles. The Hall–Kier alpha value is -0.980. The van der Waals surface area contributed by atoms with Crippen molar-refractivity contribution in [3.63, 3.8) is 0 Å². The summed E-state index contributed by atoms with van der Waals surface area (Å²) in [6, 6.07) is 0. The molecule has 0 saturated carbocycles. The van der Waals surface area contributed by atoms with E-state index in [9.17, 15) is 0 Å².